The van der Waals surface area contributed by atoms with E-state index >= 15 is 0 Å². The molecule has 33 heavy (non-hydrogen) atoms. The number of furan rings is 1. The van der Waals surface area contributed by atoms with Crippen LogP contribution in [0.25, 0.3) is 22.6 Å². The number of aromatic nitrogens is 2. The van der Waals surface area contributed by atoms with E-state index in [1.54, 1.807) is 18.4 Å². The Balaban J connectivity index is 1.32. The molecule has 2 aromatic heterocycles. The summed E-state index contributed by atoms with van der Waals surface area (Å²) in [5, 5.41) is 8.67. The highest BCUT2D eigenvalue weighted by Gasteiger charge is 2.23. The first kappa shape index (κ1) is 21.0. The molecule has 0 spiro atoms. The van der Waals surface area contributed by atoms with E-state index < -0.39 is 0 Å². The smallest absolute Gasteiger partial charge is 0.302 e. The Morgan fingerprint density at radius 1 is 1.15 bits per heavy atom. The average molecular weight is 460 g/mol. The Bertz CT molecular complexity index is 1350. The van der Waals surface area contributed by atoms with E-state index in [1.807, 2.05) is 60.1 Å². The Kier molecular flexibility index (Phi) is 5.70. The van der Waals surface area contributed by atoms with Gasteiger partial charge in [-0.15, -0.1) is 0 Å². The molecule has 0 unspecified atom stereocenters. The molecule has 0 atom stereocenters. The third-order valence-corrected chi connectivity index (χ3v) is 6.26. The van der Waals surface area contributed by atoms with Gasteiger partial charge in [-0.05, 0) is 36.4 Å². The van der Waals surface area contributed by atoms with Gasteiger partial charge in [-0.25, -0.2) is 9.99 Å². The van der Waals surface area contributed by atoms with Gasteiger partial charge in [0.05, 0.1) is 29.6 Å². The number of aryl methyl sites for hydroxylation is 1. The lowest BCUT2D eigenvalue weighted by molar-refractivity contribution is 0.0950. The van der Waals surface area contributed by atoms with Gasteiger partial charge in [-0.3, -0.25) is 9.59 Å². The molecule has 1 aliphatic heterocycles. The summed E-state index contributed by atoms with van der Waals surface area (Å²) in [7, 11) is 1.95. The Morgan fingerprint density at radius 3 is 2.79 bits per heavy atom. The Labute approximate surface area is 194 Å². The van der Waals surface area contributed by atoms with Crippen LogP contribution in [0.4, 0.5) is 4.79 Å². The fourth-order valence-corrected chi connectivity index (χ4v) is 4.44. The topological polar surface area (TPSA) is 92.7 Å². The van der Waals surface area contributed by atoms with Crippen LogP contribution in [0.3, 0.4) is 0 Å². The summed E-state index contributed by atoms with van der Waals surface area (Å²) < 4.78 is 7.49. The van der Waals surface area contributed by atoms with Crippen LogP contribution in [-0.4, -0.2) is 50.3 Å². The first-order chi connectivity index (χ1) is 16.1. The molecule has 3 heterocycles. The molecule has 0 fully saturated rings. The number of nitrogens with one attached hydrogen (secondary N) is 1. The fraction of sp³-hybridized carbons (Fsp3) is 0.167. The van der Waals surface area contributed by atoms with Gasteiger partial charge in [0.15, 0.2) is 11.6 Å². The fourth-order valence-electron chi connectivity index (χ4n) is 3.67. The third kappa shape index (κ3) is 4.27. The number of fused-ring (bicyclic) bond motifs is 1. The first-order valence-electron chi connectivity index (χ1n) is 10.5. The molecule has 4 aromatic rings. The van der Waals surface area contributed by atoms with Crippen molar-refractivity contribution in [1.82, 2.24) is 19.9 Å². The van der Waals surface area contributed by atoms with Crippen LogP contribution in [0, 0.1) is 0 Å². The highest BCUT2D eigenvalue weighted by Crippen LogP contribution is 2.26. The van der Waals surface area contributed by atoms with Crippen molar-refractivity contribution in [3.8, 4) is 11.6 Å². The van der Waals surface area contributed by atoms with Crippen molar-refractivity contribution < 1.29 is 14.0 Å². The predicted octanol–water partition coefficient (Wildman–Crippen LogP) is 4.14. The maximum atomic E-state index is 12.4. The number of hydrogen-bond acceptors (Lipinski definition) is 6. The lowest BCUT2D eigenvalue weighted by Gasteiger charge is -2.23. The van der Waals surface area contributed by atoms with Crippen LogP contribution in [0.15, 0.2) is 76.4 Å². The molecule has 1 aliphatic rings. The molecular formula is C24H21N5O3S. The number of rotatable bonds is 6. The molecule has 2 aromatic carbocycles. The molecule has 0 saturated carbocycles. The molecule has 2 amide bonds. The van der Waals surface area contributed by atoms with Crippen molar-refractivity contribution in [2.24, 2.45) is 12.1 Å². The van der Waals surface area contributed by atoms with Gasteiger partial charge in [0.2, 0.25) is 0 Å². The Morgan fingerprint density at radius 2 is 2.00 bits per heavy atom. The lowest BCUT2D eigenvalue weighted by atomic mass is 10.1. The van der Waals surface area contributed by atoms with Crippen LogP contribution in [0.2, 0.25) is 0 Å². The van der Waals surface area contributed by atoms with Gasteiger partial charge < -0.3 is 14.3 Å². The summed E-state index contributed by atoms with van der Waals surface area (Å²) in [4.78, 5) is 29.3. The summed E-state index contributed by atoms with van der Waals surface area (Å²) in [5.74, 6) is 1.76. The first-order valence-corrected chi connectivity index (χ1v) is 11.4. The molecule has 9 heteroatoms. The minimum atomic E-state index is -0.176. The second-order valence-electron chi connectivity index (χ2n) is 7.52. The summed E-state index contributed by atoms with van der Waals surface area (Å²) in [6.07, 6.45) is 1.63. The van der Waals surface area contributed by atoms with Crippen molar-refractivity contribution in [2.75, 3.05) is 18.8 Å². The van der Waals surface area contributed by atoms with E-state index in [-0.39, 0.29) is 11.1 Å². The largest absolute Gasteiger partial charge is 0.461 e. The zero-order valence-electron chi connectivity index (χ0n) is 17.9. The van der Waals surface area contributed by atoms with Gasteiger partial charge in [0.25, 0.3) is 5.91 Å². The van der Waals surface area contributed by atoms with E-state index in [1.165, 1.54) is 16.8 Å². The minimum absolute atomic E-state index is 0.133. The number of imidazole rings is 1. The van der Waals surface area contributed by atoms with Crippen LogP contribution in [0.5, 0.6) is 0 Å². The van der Waals surface area contributed by atoms with Crippen LogP contribution in [0.1, 0.15) is 15.9 Å². The van der Waals surface area contributed by atoms with Crippen LogP contribution < -0.4 is 5.32 Å². The summed E-state index contributed by atoms with van der Waals surface area (Å²) in [6.45, 7) is 0.602. The van der Waals surface area contributed by atoms with Gasteiger partial charge in [-0.2, -0.15) is 5.10 Å². The van der Waals surface area contributed by atoms with E-state index in [4.69, 9.17) is 9.40 Å². The van der Waals surface area contributed by atoms with Gasteiger partial charge in [0.1, 0.15) is 0 Å². The quantitative estimate of drug-likeness (QED) is 0.468. The molecule has 0 radical (unpaired) electrons. The number of nitrogens with zero attached hydrogens (tertiary/aromatic N) is 4. The maximum Gasteiger partial charge on any atom is 0.302 e. The number of hydrogen-bond donors (Lipinski definition) is 1. The van der Waals surface area contributed by atoms with E-state index in [0.717, 1.165) is 28.1 Å². The molecule has 0 aliphatic carbocycles. The van der Waals surface area contributed by atoms with E-state index in [2.05, 4.69) is 10.4 Å². The van der Waals surface area contributed by atoms with E-state index in [9.17, 15) is 9.59 Å². The highest BCUT2D eigenvalue weighted by atomic mass is 32.2. The molecule has 0 saturated heterocycles. The number of benzene rings is 2. The second-order valence-corrected chi connectivity index (χ2v) is 8.45. The zero-order valence-corrected chi connectivity index (χ0v) is 18.7. The second kappa shape index (κ2) is 8.95. The zero-order chi connectivity index (χ0) is 22.8. The average Bonchev–Trinajstić information content (AvgIpc) is 3.48. The number of carbonyl (C=O) groups is 2. The van der Waals surface area contributed by atoms with Crippen molar-refractivity contribution >= 4 is 39.7 Å². The van der Waals surface area contributed by atoms with Gasteiger partial charge >= 0.3 is 5.24 Å². The van der Waals surface area contributed by atoms with Crippen LogP contribution in [-0.2, 0) is 7.05 Å². The normalized spacial score (nSPS) is 13.9. The van der Waals surface area contributed by atoms with Crippen LogP contribution >= 0.6 is 11.8 Å². The summed E-state index contributed by atoms with van der Waals surface area (Å²) in [5.41, 5.74) is 4.09. The third-order valence-electron chi connectivity index (χ3n) is 5.39. The van der Waals surface area contributed by atoms with Crippen molar-refractivity contribution in [1.29, 1.82) is 0 Å². The van der Waals surface area contributed by atoms with Gasteiger partial charge in [-0.1, -0.05) is 36.0 Å². The Hall–Kier alpha value is -3.85. The number of amides is 2. The van der Waals surface area contributed by atoms with Crippen molar-refractivity contribution in [2.45, 2.75) is 0 Å². The van der Waals surface area contributed by atoms with E-state index in [0.29, 0.717) is 30.2 Å². The predicted molar refractivity (Wildman–Crippen MR) is 128 cm³/mol. The molecule has 166 valence electrons. The molecule has 5 rings (SSSR count). The SMILES string of the molecule is Cn1c(-c2ccco2)nc2cc(C3=NN(CCNC(=O)c4ccccc4)C(=O)SC3)ccc21. The van der Waals surface area contributed by atoms with Crippen molar-refractivity contribution in [3.05, 3.63) is 78.1 Å². The molecule has 0 bridgehead atoms. The number of hydrazone groups is 1. The minimum Gasteiger partial charge on any atom is -0.461 e. The molecule has 1 N–H and O–H groups in total. The standard InChI is InChI=1S/C24H21N5O3S/c1-28-20-10-9-17(14-18(20)26-22(28)21-8-5-13-32-21)19-15-33-24(31)29(27-19)12-11-25-23(30)16-6-3-2-4-7-16/h2-10,13-14H,11-12,15H2,1H3,(H,25,30). The molecule has 8 nitrogen and oxygen atoms in total. The number of thioether (sulfide) groups is 1. The number of carbonyl (C=O) groups excluding carboxylic acids is 2. The van der Waals surface area contributed by atoms with Crippen molar-refractivity contribution in [3.63, 3.8) is 0 Å². The summed E-state index contributed by atoms with van der Waals surface area (Å²) in [6, 6.07) is 18.7. The molecular weight excluding hydrogens is 438 g/mol. The monoisotopic (exact) mass is 459 g/mol. The van der Waals surface area contributed by atoms with Gasteiger partial charge in [0, 0.05) is 30.5 Å². The lowest BCUT2D eigenvalue weighted by Crippen LogP contribution is -2.37. The highest BCUT2D eigenvalue weighted by molar-refractivity contribution is 8.14. The maximum absolute atomic E-state index is 12.4. The summed E-state index contributed by atoms with van der Waals surface area (Å²) >= 11 is 1.20.